The summed E-state index contributed by atoms with van der Waals surface area (Å²) in [5.74, 6) is 0.544. The second-order valence-electron chi connectivity index (χ2n) is 4.24. The highest BCUT2D eigenvalue weighted by molar-refractivity contribution is 5.96. The number of fused-ring (bicyclic) bond motifs is 1. The lowest BCUT2D eigenvalue weighted by atomic mass is 10.2. The number of hydrogen-bond acceptors (Lipinski definition) is 4. The van der Waals surface area contributed by atoms with Crippen molar-refractivity contribution >= 4 is 29.2 Å². The van der Waals surface area contributed by atoms with Crippen molar-refractivity contribution in [3.63, 3.8) is 0 Å². The van der Waals surface area contributed by atoms with Gasteiger partial charge in [-0.2, -0.15) is 5.10 Å². The summed E-state index contributed by atoms with van der Waals surface area (Å²) in [6.45, 7) is 0. The van der Waals surface area contributed by atoms with E-state index in [4.69, 9.17) is 8.83 Å². The van der Waals surface area contributed by atoms with Crippen LogP contribution in [-0.2, 0) is 0 Å². The number of carbonyl (C=O) groups excluding carboxylic acids is 1. The van der Waals surface area contributed by atoms with Crippen LogP contribution in [0.4, 0.5) is 0 Å². The fraction of sp³-hybridized carbons (Fsp3) is 0. The van der Waals surface area contributed by atoms with E-state index < -0.39 is 5.91 Å². The second-order valence-corrected chi connectivity index (χ2v) is 4.24. The van der Waals surface area contributed by atoms with Gasteiger partial charge in [0.2, 0.25) is 0 Å². The zero-order chi connectivity index (χ0) is 14.5. The summed E-state index contributed by atoms with van der Waals surface area (Å²) in [5.41, 5.74) is 3.07. The van der Waals surface area contributed by atoms with Gasteiger partial charge >= 0.3 is 5.91 Å². The van der Waals surface area contributed by atoms with Crippen molar-refractivity contribution < 1.29 is 13.6 Å². The van der Waals surface area contributed by atoms with E-state index in [1.807, 2.05) is 30.3 Å². The summed E-state index contributed by atoms with van der Waals surface area (Å²) in [5, 5.41) is 4.68. The molecular formula is C16H12N2O3. The van der Waals surface area contributed by atoms with E-state index in [-0.39, 0.29) is 5.76 Å². The molecular weight excluding hydrogens is 268 g/mol. The van der Waals surface area contributed by atoms with E-state index >= 15 is 0 Å². The molecule has 0 radical (unpaired) electrons. The Balaban J connectivity index is 1.61. The average molecular weight is 280 g/mol. The first kappa shape index (κ1) is 12.9. The van der Waals surface area contributed by atoms with Crippen molar-refractivity contribution in [2.45, 2.75) is 0 Å². The summed E-state index contributed by atoms with van der Waals surface area (Å²) >= 11 is 0. The fourth-order valence-electron chi connectivity index (χ4n) is 1.81. The van der Waals surface area contributed by atoms with E-state index in [1.165, 1.54) is 6.21 Å². The van der Waals surface area contributed by atoms with Crippen molar-refractivity contribution in [1.82, 2.24) is 5.43 Å². The number of amides is 1. The average Bonchev–Trinajstić information content (AvgIpc) is 3.15. The van der Waals surface area contributed by atoms with E-state index in [9.17, 15) is 4.79 Å². The minimum Gasteiger partial charge on any atom is -0.465 e. The van der Waals surface area contributed by atoms with Crippen LogP contribution in [0.1, 0.15) is 16.3 Å². The molecule has 1 aromatic carbocycles. The molecule has 1 N–H and O–H groups in total. The summed E-state index contributed by atoms with van der Waals surface area (Å²) in [6.07, 6.45) is 6.44. The molecule has 0 aliphatic rings. The highest BCUT2D eigenvalue weighted by Gasteiger charge is 2.10. The molecule has 5 nitrogen and oxygen atoms in total. The van der Waals surface area contributed by atoms with Crippen LogP contribution < -0.4 is 5.43 Å². The van der Waals surface area contributed by atoms with Crippen LogP contribution in [-0.4, -0.2) is 12.1 Å². The Morgan fingerprint density at radius 3 is 2.90 bits per heavy atom. The van der Waals surface area contributed by atoms with Gasteiger partial charge in [0.15, 0.2) is 5.76 Å². The molecule has 1 amide bonds. The molecule has 0 spiro atoms. The Labute approximate surface area is 120 Å². The molecule has 21 heavy (non-hydrogen) atoms. The monoisotopic (exact) mass is 280 g/mol. The zero-order valence-corrected chi connectivity index (χ0v) is 11.0. The van der Waals surface area contributed by atoms with Gasteiger partial charge in [0.1, 0.15) is 11.3 Å². The van der Waals surface area contributed by atoms with Crippen molar-refractivity contribution in [3.05, 3.63) is 66.3 Å². The van der Waals surface area contributed by atoms with Gasteiger partial charge in [-0.15, -0.1) is 0 Å². The van der Waals surface area contributed by atoms with Gasteiger partial charge in [-0.3, -0.25) is 4.79 Å². The molecule has 2 aromatic heterocycles. The fourth-order valence-corrected chi connectivity index (χ4v) is 1.81. The number of furan rings is 2. The van der Waals surface area contributed by atoms with Gasteiger partial charge in [0, 0.05) is 11.6 Å². The van der Waals surface area contributed by atoms with Crippen molar-refractivity contribution in [2.24, 2.45) is 5.10 Å². The van der Waals surface area contributed by atoms with Crippen LogP contribution in [0.15, 0.2) is 68.7 Å². The van der Waals surface area contributed by atoms with Crippen LogP contribution in [0, 0.1) is 0 Å². The molecule has 0 bridgehead atoms. The SMILES string of the molecule is O=C(N/N=C/C=C/c1ccco1)c1cc2ccccc2o1. The van der Waals surface area contributed by atoms with Crippen LogP contribution in [0.2, 0.25) is 0 Å². The van der Waals surface area contributed by atoms with Crippen LogP contribution in [0.3, 0.4) is 0 Å². The minimum atomic E-state index is -0.395. The first-order chi connectivity index (χ1) is 10.3. The third-order valence-corrected chi connectivity index (χ3v) is 2.78. The van der Waals surface area contributed by atoms with E-state index in [2.05, 4.69) is 10.5 Å². The molecule has 0 saturated carbocycles. The predicted octanol–water partition coefficient (Wildman–Crippen LogP) is 3.45. The lowest BCUT2D eigenvalue weighted by molar-refractivity contribution is 0.0929. The van der Waals surface area contributed by atoms with Crippen molar-refractivity contribution in [2.75, 3.05) is 0 Å². The molecule has 0 saturated heterocycles. The highest BCUT2D eigenvalue weighted by atomic mass is 16.3. The number of para-hydroxylation sites is 1. The summed E-state index contributed by atoms with van der Waals surface area (Å²) in [6, 6.07) is 12.7. The number of nitrogens with zero attached hydrogens (tertiary/aromatic N) is 1. The van der Waals surface area contributed by atoms with Crippen LogP contribution >= 0.6 is 0 Å². The summed E-state index contributed by atoms with van der Waals surface area (Å²) in [4.78, 5) is 11.8. The van der Waals surface area contributed by atoms with Gasteiger partial charge in [-0.25, -0.2) is 5.43 Å². The number of allylic oxidation sites excluding steroid dienone is 1. The normalized spacial score (nSPS) is 11.6. The third kappa shape index (κ3) is 3.09. The molecule has 0 aliphatic heterocycles. The van der Waals surface area contributed by atoms with Crippen molar-refractivity contribution in [3.8, 4) is 0 Å². The van der Waals surface area contributed by atoms with Gasteiger partial charge in [0.25, 0.3) is 0 Å². The van der Waals surface area contributed by atoms with E-state index in [0.717, 1.165) is 5.39 Å². The zero-order valence-electron chi connectivity index (χ0n) is 11.0. The molecule has 0 aliphatic carbocycles. The smallest absolute Gasteiger partial charge is 0.307 e. The van der Waals surface area contributed by atoms with E-state index in [1.54, 1.807) is 30.5 Å². The Kier molecular flexibility index (Phi) is 3.64. The number of hydrogen-bond donors (Lipinski definition) is 1. The lowest BCUT2D eigenvalue weighted by Crippen LogP contribution is -2.16. The summed E-state index contributed by atoms with van der Waals surface area (Å²) < 4.78 is 10.5. The standard InChI is InChI=1S/C16H12N2O3/c19-16(15-11-12-5-1-2-8-14(12)21-15)18-17-9-3-6-13-7-4-10-20-13/h1-11H,(H,18,19)/b6-3+,17-9+. The van der Waals surface area contributed by atoms with Crippen molar-refractivity contribution in [1.29, 1.82) is 0 Å². The summed E-state index contributed by atoms with van der Waals surface area (Å²) in [7, 11) is 0. The molecule has 104 valence electrons. The van der Waals surface area contributed by atoms with Crippen LogP contribution in [0.25, 0.3) is 17.0 Å². The number of carbonyl (C=O) groups is 1. The molecule has 5 heteroatoms. The molecule has 3 aromatic rings. The molecule has 0 atom stereocenters. The van der Waals surface area contributed by atoms with Gasteiger partial charge < -0.3 is 8.83 Å². The Morgan fingerprint density at radius 1 is 1.19 bits per heavy atom. The maximum Gasteiger partial charge on any atom is 0.307 e. The number of nitrogens with one attached hydrogen (secondary N) is 1. The first-order valence-corrected chi connectivity index (χ1v) is 6.35. The Morgan fingerprint density at radius 2 is 2.10 bits per heavy atom. The second kappa shape index (κ2) is 5.92. The molecule has 3 rings (SSSR count). The minimum absolute atomic E-state index is 0.225. The quantitative estimate of drug-likeness (QED) is 0.588. The third-order valence-electron chi connectivity index (χ3n) is 2.78. The van der Waals surface area contributed by atoms with Gasteiger partial charge in [-0.1, -0.05) is 18.2 Å². The molecule has 0 unspecified atom stereocenters. The lowest BCUT2D eigenvalue weighted by Gasteiger charge is -1.93. The van der Waals surface area contributed by atoms with E-state index in [0.29, 0.717) is 11.3 Å². The Bertz CT molecular complexity index is 765. The predicted molar refractivity (Wildman–Crippen MR) is 79.9 cm³/mol. The first-order valence-electron chi connectivity index (χ1n) is 6.35. The largest absolute Gasteiger partial charge is 0.465 e. The Hall–Kier alpha value is -3.08. The number of rotatable bonds is 4. The number of benzene rings is 1. The number of hydrazone groups is 1. The molecule has 0 fully saturated rings. The van der Waals surface area contributed by atoms with Gasteiger partial charge in [-0.05, 0) is 36.4 Å². The maximum atomic E-state index is 11.8. The molecule has 2 heterocycles. The van der Waals surface area contributed by atoms with Gasteiger partial charge in [0.05, 0.1) is 6.26 Å². The van der Waals surface area contributed by atoms with Crippen LogP contribution in [0.5, 0.6) is 0 Å². The highest BCUT2D eigenvalue weighted by Crippen LogP contribution is 2.18. The maximum absolute atomic E-state index is 11.8. The topological polar surface area (TPSA) is 67.7 Å².